The van der Waals surface area contributed by atoms with E-state index in [0.29, 0.717) is 23.1 Å². The second-order valence-corrected chi connectivity index (χ2v) is 7.61. The van der Waals surface area contributed by atoms with Crippen LogP contribution in [0.2, 0.25) is 0 Å². The lowest BCUT2D eigenvalue weighted by atomic mass is 10.1. The normalized spacial score (nSPS) is 17.1. The molecule has 1 aromatic carbocycles. The first-order chi connectivity index (χ1) is 9.34. The van der Waals surface area contributed by atoms with Crippen LogP contribution in [0.5, 0.6) is 0 Å². The highest BCUT2D eigenvalue weighted by atomic mass is 79.9. The SMILES string of the molecule is Cc1c(Br)cc(C(=O)O)cc1S(=O)(=O)N1CCCCC1. The Bertz CT molecular complexity index is 636. The minimum atomic E-state index is -3.63. The van der Waals surface area contributed by atoms with Crippen molar-refractivity contribution >= 4 is 31.9 Å². The van der Waals surface area contributed by atoms with Gasteiger partial charge in [-0.1, -0.05) is 22.4 Å². The number of nitrogens with zero attached hydrogens (tertiary/aromatic N) is 1. The molecule has 0 atom stereocenters. The van der Waals surface area contributed by atoms with Crippen molar-refractivity contribution in [1.82, 2.24) is 4.31 Å². The fraction of sp³-hybridized carbons (Fsp3) is 0.462. The van der Waals surface area contributed by atoms with E-state index in [1.807, 2.05) is 0 Å². The Morgan fingerprint density at radius 3 is 2.40 bits per heavy atom. The first-order valence-corrected chi connectivity index (χ1v) is 8.61. The first-order valence-electron chi connectivity index (χ1n) is 6.37. The Hall–Kier alpha value is -0.920. The Balaban J connectivity index is 2.52. The second kappa shape index (κ2) is 5.83. The number of carbonyl (C=O) groups is 1. The predicted molar refractivity (Wildman–Crippen MR) is 78.4 cm³/mol. The number of hydrogen-bond donors (Lipinski definition) is 1. The Morgan fingerprint density at radius 2 is 1.85 bits per heavy atom. The molecule has 5 nitrogen and oxygen atoms in total. The van der Waals surface area contributed by atoms with E-state index in [1.165, 1.54) is 16.4 Å². The van der Waals surface area contributed by atoms with Gasteiger partial charge >= 0.3 is 5.97 Å². The number of rotatable bonds is 3. The molecule has 20 heavy (non-hydrogen) atoms. The van der Waals surface area contributed by atoms with Crippen molar-refractivity contribution < 1.29 is 18.3 Å². The highest BCUT2D eigenvalue weighted by Crippen LogP contribution is 2.29. The standard InChI is InChI=1S/C13H16BrNO4S/c1-9-11(14)7-10(13(16)17)8-12(9)20(18,19)15-5-3-2-4-6-15/h7-8H,2-6H2,1H3,(H,16,17). The van der Waals surface area contributed by atoms with Crippen LogP contribution in [-0.4, -0.2) is 36.9 Å². The van der Waals surface area contributed by atoms with Gasteiger partial charge in [0.15, 0.2) is 0 Å². The van der Waals surface area contributed by atoms with Crippen LogP contribution in [0.1, 0.15) is 35.2 Å². The van der Waals surface area contributed by atoms with Gasteiger partial charge in [-0.15, -0.1) is 0 Å². The maximum absolute atomic E-state index is 12.6. The Labute approximate surface area is 126 Å². The van der Waals surface area contributed by atoms with E-state index in [0.717, 1.165) is 19.3 Å². The lowest BCUT2D eigenvalue weighted by Gasteiger charge is -2.26. The molecule has 110 valence electrons. The molecule has 0 spiro atoms. The third-order valence-electron chi connectivity index (χ3n) is 3.48. The quantitative estimate of drug-likeness (QED) is 0.897. The number of aromatic carboxylic acids is 1. The van der Waals surface area contributed by atoms with E-state index < -0.39 is 16.0 Å². The van der Waals surface area contributed by atoms with E-state index in [2.05, 4.69) is 15.9 Å². The van der Waals surface area contributed by atoms with Crippen LogP contribution in [0.4, 0.5) is 0 Å². The number of carboxylic acid groups (broad SMARTS) is 1. The van der Waals surface area contributed by atoms with Crippen LogP contribution >= 0.6 is 15.9 Å². The second-order valence-electron chi connectivity index (χ2n) is 4.85. The molecular weight excluding hydrogens is 346 g/mol. The average Bonchev–Trinajstić information content (AvgIpc) is 2.42. The summed E-state index contributed by atoms with van der Waals surface area (Å²) >= 11 is 3.24. The molecule has 1 fully saturated rings. The zero-order valence-electron chi connectivity index (χ0n) is 11.1. The van der Waals surface area contributed by atoms with Gasteiger partial charge in [-0.05, 0) is 37.5 Å². The molecule has 2 rings (SSSR count). The largest absolute Gasteiger partial charge is 0.478 e. The number of hydrogen-bond acceptors (Lipinski definition) is 3. The van der Waals surface area contributed by atoms with Gasteiger partial charge in [0, 0.05) is 17.6 Å². The Kier molecular flexibility index (Phi) is 4.51. The molecule has 0 aliphatic carbocycles. The van der Waals surface area contributed by atoms with E-state index in [4.69, 9.17) is 5.11 Å². The summed E-state index contributed by atoms with van der Waals surface area (Å²) < 4.78 is 27.2. The molecule has 1 heterocycles. The highest BCUT2D eigenvalue weighted by Gasteiger charge is 2.29. The summed E-state index contributed by atoms with van der Waals surface area (Å²) in [5.74, 6) is -1.14. The third kappa shape index (κ3) is 2.89. The van der Waals surface area contributed by atoms with Gasteiger partial charge in [-0.25, -0.2) is 13.2 Å². The summed E-state index contributed by atoms with van der Waals surface area (Å²) in [6, 6.07) is 2.67. The van der Waals surface area contributed by atoms with Crippen LogP contribution in [-0.2, 0) is 10.0 Å². The molecule has 1 saturated heterocycles. The third-order valence-corrected chi connectivity index (χ3v) is 6.32. The molecule has 0 amide bonds. The molecule has 0 unspecified atom stereocenters. The minimum Gasteiger partial charge on any atom is -0.478 e. The summed E-state index contributed by atoms with van der Waals surface area (Å²) in [6.07, 6.45) is 2.72. The summed E-state index contributed by atoms with van der Waals surface area (Å²) in [4.78, 5) is 11.2. The molecular formula is C13H16BrNO4S. The first kappa shape index (κ1) is 15.5. The van der Waals surface area contributed by atoms with Crippen molar-refractivity contribution in [3.63, 3.8) is 0 Å². The van der Waals surface area contributed by atoms with Crippen LogP contribution in [0, 0.1) is 6.92 Å². The van der Waals surface area contributed by atoms with Gasteiger partial charge in [0.25, 0.3) is 0 Å². The molecule has 1 aliphatic heterocycles. The molecule has 0 bridgehead atoms. The summed E-state index contributed by atoms with van der Waals surface area (Å²) in [5, 5.41) is 9.07. The van der Waals surface area contributed by atoms with E-state index in [-0.39, 0.29) is 10.5 Å². The van der Waals surface area contributed by atoms with Gasteiger partial charge in [0.1, 0.15) is 0 Å². The number of sulfonamides is 1. The van der Waals surface area contributed by atoms with Crippen LogP contribution < -0.4 is 0 Å². The summed E-state index contributed by atoms with van der Waals surface area (Å²) in [5.41, 5.74) is 0.513. The molecule has 0 saturated carbocycles. The van der Waals surface area contributed by atoms with Crippen molar-refractivity contribution in [2.24, 2.45) is 0 Å². The fourth-order valence-electron chi connectivity index (χ4n) is 2.29. The summed E-state index contributed by atoms with van der Waals surface area (Å²) in [6.45, 7) is 2.67. The highest BCUT2D eigenvalue weighted by molar-refractivity contribution is 9.10. The van der Waals surface area contributed by atoms with Gasteiger partial charge in [-0.3, -0.25) is 0 Å². The van der Waals surface area contributed by atoms with Gasteiger partial charge in [-0.2, -0.15) is 4.31 Å². The van der Waals surface area contributed by atoms with E-state index in [1.54, 1.807) is 6.92 Å². The molecule has 1 aliphatic rings. The number of benzene rings is 1. The van der Waals surface area contributed by atoms with Crippen molar-refractivity contribution in [2.45, 2.75) is 31.1 Å². The fourth-order valence-corrected chi connectivity index (χ4v) is 4.67. The van der Waals surface area contributed by atoms with Gasteiger partial charge in [0.2, 0.25) is 10.0 Å². The maximum Gasteiger partial charge on any atom is 0.335 e. The predicted octanol–water partition coefficient (Wildman–Crippen LogP) is 2.63. The van der Waals surface area contributed by atoms with Crippen molar-refractivity contribution in [1.29, 1.82) is 0 Å². The Morgan fingerprint density at radius 1 is 1.25 bits per heavy atom. The minimum absolute atomic E-state index is 0.0296. The maximum atomic E-state index is 12.6. The van der Waals surface area contributed by atoms with Crippen molar-refractivity contribution in [2.75, 3.05) is 13.1 Å². The smallest absolute Gasteiger partial charge is 0.335 e. The van der Waals surface area contributed by atoms with Crippen LogP contribution in [0.25, 0.3) is 0 Å². The average molecular weight is 362 g/mol. The number of carboxylic acids is 1. The van der Waals surface area contributed by atoms with Crippen molar-refractivity contribution in [3.05, 3.63) is 27.7 Å². The topological polar surface area (TPSA) is 74.7 Å². The molecule has 1 aromatic rings. The van der Waals surface area contributed by atoms with Gasteiger partial charge in [0.05, 0.1) is 10.5 Å². The molecule has 0 aromatic heterocycles. The lowest BCUT2D eigenvalue weighted by molar-refractivity contribution is 0.0696. The van der Waals surface area contributed by atoms with Crippen LogP contribution in [0.15, 0.2) is 21.5 Å². The number of halogens is 1. The van der Waals surface area contributed by atoms with Crippen LogP contribution in [0.3, 0.4) is 0 Å². The summed E-state index contributed by atoms with van der Waals surface area (Å²) in [7, 11) is -3.63. The van der Waals surface area contributed by atoms with Crippen molar-refractivity contribution in [3.8, 4) is 0 Å². The lowest BCUT2D eigenvalue weighted by Crippen LogP contribution is -2.36. The number of piperidine rings is 1. The molecule has 0 radical (unpaired) electrons. The van der Waals surface area contributed by atoms with E-state index >= 15 is 0 Å². The monoisotopic (exact) mass is 361 g/mol. The zero-order valence-corrected chi connectivity index (χ0v) is 13.5. The molecule has 7 heteroatoms. The molecule has 1 N–H and O–H groups in total. The van der Waals surface area contributed by atoms with E-state index in [9.17, 15) is 13.2 Å². The van der Waals surface area contributed by atoms with Gasteiger partial charge < -0.3 is 5.11 Å². The zero-order chi connectivity index (χ0) is 14.9.